The van der Waals surface area contributed by atoms with Crippen LogP contribution in [0.5, 0.6) is 5.75 Å². The molecule has 2 aromatic carbocycles. The number of aromatic hydroxyl groups is 1. The first-order chi connectivity index (χ1) is 7.70. The van der Waals surface area contributed by atoms with Crippen molar-refractivity contribution >= 4 is 21.2 Å². The molecular formula is C13H12O2Si. The van der Waals surface area contributed by atoms with E-state index in [1.807, 2.05) is 24.3 Å². The van der Waals surface area contributed by atoms with Gasteiger partial charge in [-0.05, 0) is 11.3 Å². The second kappa shape index (κ2) is 4.33. The molecule has 0 fully saturated rings. The Labute approximate surface area is 97.0 Å². The molecule has 2 nitrogen and oxygen atoms in total. The van der Waals surface area contributed by atoms with Gasteiger partial charge in [-0.25, -0.2) is 0 Å². The Morgan fingerprint density at radius 2 is 1.69 bits per heavy atom. The van der Waals surface area contributed by atoms with Crippen molar-refractivity contribution in [2.45, 2.75) is 0 Å². The first kappa shape index (κ1) is 10.6. The van der Waals surface area contributed by atoms with Crippen LogP contribution in [-0.4, -0.2) is 21.1 Å². The first-order valence-electron chi connectivity index (χ1n) is 5.08. The molecule has 0 amide bonds. The van der Waals surface area contributed by atoms with Gasteiger partial charge in [0.25, 0.3) is 0 Å². The topological polar surface area (TPSA) is 37.3 Å². The highest BCUT2D eigenvalue weighted by Gasteiger charge is 2.13. The van der Waals surface area contributed by atoms with Crippen molar-refractivity contribution in [1.82, 2.24) is 0 Å². The lowest BCUT2D eigenvalue weighted by atomic mass is 10.0. The highest BCUT2D eigenvalue weighted by Crippen LogP contribution is 2.17. The average Bonchev–Trinajstić information content (AvgIpc) is 2.33. The van der Waals surface area contributed by atoms with Crippen LogP contribution >= 0.6 is 0 Å². The molecule has 0 bridgehead atoms. The Balaban J connectivity index is 2.46. The zero-order valence-electron chi connectivity index (χ0n) is 8.97. The number of ketones is 1. The third-order valence-corrected chi connectivity index (χ3v) is 3.33. The fourth-order valence-electron chi connectivity index (χ4n) is 1.59. The normalized spacial score (nSPS) is 10.2. The average molecular weight is 228 g/mol. The SMILES string of the molecule is O=C(c1ccccc1)c1cccc([SiH3])c1O. The van der Waals surface area contributed by atoms with E-state index in [9.17, 15) is 9.90 Å². The number of carbonyl (C=O) groups excluding carboxylic acids is 1. The molecule has 0 saturated carbocycles. The summed E-state index contributed by atoms with van der Waals surface area (Å²) in [5, 5.41) is 10.7. The van der Waals surface area contributed by atoms with Crippen LogP contribution in [0, 0.1) is 0 Å². The predicted octanol–water partition coefficient (Wildman–Crippen LogP) is 0.614. The minimum Gasteiger partial charge on any atom is -0.507 e. The number of hydrogen-bond acceptors (Lipinski definition) is 2. The van der Waals surface area contributed by atoms with Gasteiger partial charge in [-0.1, -0.05) is 42.5 Å². The molecule has 0 aliphatic carbocycles. The molecule has 0 aliphatic rings. The molecule has 0 spiro atoms. The standard InChI is InChI=1S/C13H12O2Si/c14-12(9-5-2-1-3-6-9)10-7-4-8-11(16)13(10)15/h1-8,15H,16H3. The summed E-state index contributed by atoms with van der Waals surface area (Å²) < 4.78 is 0. The van der Waals surface area contributed by atoms with Gasteiger partial charge in [0.2, 0.25) is 0 Å². The molecule has 0 atom stereocenters. The van der Waals surface area contributed by atoms with Gasteiger partial charge < -0.3 is 5.11 Å². The maximum atomic E-state index is 12.1. The summed E-state index contributed by atoms with van der Waals surface area (Å²) in [5.41, 5.74) is 0.990. The van der Waals surface area contributed by atoms with Gasteiger partial charge in [-0.15, -0.1) is 0 Å². The van der Waals surface area contributed by atoms with E-state index in [-0.39, 0.29) is 11.5 Å². The zero-order valence-corrected chi connectivity index (χ0v) is 11.0. The van der Waals surface area contributed by atoms with Gasteiger partial charge in [0.1, 0.15) is 5.75 Å². The van der Waals surface area contributed by atoms with Crippen molar-refractivity contribution < 1.29 is 9.90 Å². The van der Waals surface area contributed by atoms with Crippen LogP contribution in [0.3, 0.4) is 0 Å². The lowest BCUT2D eigenvalue weighted by Gasteiger charge is -2.05. The van der Waals surface area contributed by atoms with Gasteiger partial charge in [-0.2, -0.15) is 0 Å². The monoisotopic (exact) mass is 228 g/mol. The van der Waals surface area contributed by atoms with Gasteiger partial charge >= 0.3 is 0 Å². The molecule has 1 N–H and O–H groups in total. The highest BCUT2D eigenvalue weighted by molar-refractivity contribution is 6.35. The summed E-state index contributed by atoms with van der Waals surface area (Å²) in [6.45, 7) is 0. The number of carbonyl (C=O) groups is 1. The van der Waals surface area contributed by atoms with E-state index in [2.05, 4.69) is 0 Å². The van der Waals surface area contributed by atoms with Crippen molar-refractivity contribution in [2.75, 3.05) is 0 Å². The Bertz CT molecular complexity index is 521. The van der Waals surface area contributed by atoms with Gasteiger partial charge in [0.05, 0.1) is 5.56 Å². The number of para-hydroxylation sites is 1. The van der Waals surface area contributed by atoms with Crippen LogP contribution in [0.25, 0.3) is 0 Å². The van der Waals surface area contributed by atoms with E-state index >= 15 is 0 Å². The van der Waals surface area contributed by atoms with E-state index < -0.39 is 0 Å². The van der Waals surface area contributed by atoms with E-state index in [1.165, 1.54) is 0 Å². The van der Waals surface area contributed by atoms with Crippen LogP contribution in [0.4, 0.5) is 0 Å². The highest BCUT2D eigenvalue weighted by atomic mass is 28.1. The van der Waals surface area contributed by atoms with Crippen LogP contribution in [0.1, 0.15) is 15.9 Å². The molecule has 80 valence electrons. The number of hydrogen-bond donors (Lipinski definition) is 1. The van der Waals surface area contributed by atoms with Crippen LogP contribution in [0.15, 0.2) is 48.5 Å². The van der Waals surface area contributed by atoms with Crippen LogP contribution in [0.2, 0.25) is 0 Å². The quantitative estimate of drug-likeness (QED) is 0.604. The van der Waals surface area contributed by atoms with E-state index in [4.69, 9.17) is 0 Å². The van der Waals surface area contributed by atoms with Crippen molar-refractivity contribution in [3.63, 3.8) is 0 Å². The summed E-state index contributed by atoms with van der Waals surface area (Å²) in [6.07, 6.45) is 0. The van der Waals surface area contributed by atoms with Crippen molar-refractivity contribution in [3.8, 4) is 5.75 Å². The third-order valence-electron chi connectivity index (χ3n) is 2.52. The van der Waals surface area contributed by atoms with Gasteiger partial charge in [0.15, 0.2) is 5.78 Å². The minimum absolute atomic E-state index is 0.128. The molecule has 2 rings (SSSR count). The fourth-order valence-corrected chi connectivity index (χ4v) is 2.05. The Hall–Kier alpha value is -1.87. The Morgan fingerprint density at radius 3 is 2.38 bits per heavy atom. The molecular weight excluding hydrogens is 216 g/mol. The summed E-state index contributed by atoms with van der Waals surface area (Å²) in [5.74, 6) is -0.00109. The molecule has 0 unspecified atom stereocenters. The van der Waals surface area contributed by atoms with Crippen LogP contribution < -0.4 is 5.19 Å². The van der Waals surface area contributed by atoms with E-state index in [0.717, 1.165) is 15.4 Å². The summed E-state index contributed by atoms with van der Waals surface area (Å²) >= 11 is 0. The molecule has 0 saturated heterocycles. The fraction of sp³-hybridized carbons (Fsp3) is 0. The van der Waals surface area contributed by atoms with Crippen molar-refractivity contribution in [3.05, 3.63) is 59.7 Å². The maximum Gasteiger partial charge on any atom is 0.196 e. The van der Waals surface area contributed by atoms with Gasteiger partial charge in [0, 0.05) is 15.8 Å². The molecule has 0 aliphatic heterocycles. The summed E-state index contributed by atoms with van der Waals surface area (Å²) in [4.78, 5) is 12.1. The molecule has 0 aromatic heterocycles. The minimum atomic E-state index is -0.129. The maximum absolute atomic E-state index is 12.1. The Morgan fingerprint density at radius 1 is 1.00 bits per heavy atom. The smallest absolute Gasteiger partial charge is 0.196 e. The first-order valence-corrected chi connectivity index (χ1v) is 6.08. The number of phenolic OH excluding ortho intramolecular Hbond substituents is 1. The summed E-state index contributed by atoms with van der Waals surface area (Å²) in [7, 11) is 0.731. The predicted molar refractivity (Wildman–Crippen MR) is 67.6 cm³/mol. The largest absolute Gasteiger partial charge is 0.507 e. The zero-order chi connectivity index (χ0) is 11.5. The lowest BCUT2D eigenvalue weighted by molar-refractivity contribution is 0.103. The lowest BCUT2D eigenvalue weighted by Crippen LogP contribution is -2.09. The van der Waals surface area contributed by atoms with E-state index in [0.29, 0.717) is 11.1 Å². The molecule has 0 radical (unpaired) electrons. The number of phenols is 1. The van der Waals surface area contributed by atoms with Crippen molar-refractivity contribution in [2.24, 2.45) is 0 Å². The molecule has 2 aromatic rings. The Kier molecular flexibility index (Phi) is 2.88. The van der Waals surface area contributed by atoms with Crippen molar-refractivity contribution in [1.29, 1.82) is 0 Å². The van der Waals surface area contributed by atoms with Crippen LogP contribution in [-0.2, 0) is 0 Å². The molecule has 0 heterocycles. The molecule has 3 heteroatoms. The second-order valence-electron chi connectivity index (χ2n) is 3.67. The second-order valence-corrected chi connectivity index (χ2v) is 4.74. The van der Waals surface area contributed by atoms with Gasteiger partial charge in [-0.3, -0.25) is 4.79 Å². The molecule has 16 heavy (non-hydrogen) atoms. The summed E-state index contributed by atoms with van der Waals surface area (Å²) in [6, 6.07) is 14.3. The number of benzene rings is 2. The van der Waals surface area contributed by atoms with E-state index in [1.54, 1.807) is 24.3 Å². The number of rotatable bonds is 2. The third kappa shape index (κ3) is 1.90.